The van der Waals surface area contributed by atoms with Crippen molar-refractivity contribution in [1.29, 1.82) is 0 Å². The molecule has 0 saturated carbocycles. The maximum atomic E-state index is 13.0. The van der Waals surface area contributed by atoms with E-state index in [4.69, 9.17) is 4.74 Å². The summed E-state index contributed by atoms with van der Waals surface area (Å²) in [6, 6.07) is 16.0. The number of hydrogen-bond donors (Lipinski definition) is 0. The van der Waals surface area contributed by atoms with E-state index in [0.29, 0.717) is 13.2 Å². The van der Waals surface area contributed by atoms with Crippen LogP contribution in [0, 0.1) is 13.8 Å². The maximum absolute atomic E-state index is 13.0. The van der Waals surface area contributed by atoms with Crippen LogP contribution in [0.1, 0.15) is 38.2 Å². The number of fused-ring (bicyclic) bond motifs is 1. The van der Waals surface area contributed by atoms with Crippen molar-refractivity contribution >= 4 is 5.91 Å². The average Bonchev–Trinajstić information content (AvgIpc) is 2.71. The molecule has 28 heavy (non-hydrogen) atoms. The standard InChI is InChI=1S/C24H24N2O2/c1-17-5-3-6-18(2)23(17)16-28-21-9-8-20-10-12-26(24(27)22(20)13-21)15-19-7-4-11-25-14-19/h3-9,11,13-14H,10,12,15-16H2,1-2H3. The Labute approximate surface area is 165 Å². The molecule has 4 heteroatoms. The first-order valence-corrected chi connectivity index (χ1v) is 9.61. The van der Waals surface area contributed by atoms with Crippen molar-refractivity contribution in [3.63, 3.8) is 0 Å². The molecule has 0 aliphatic carbocycles. The van der Waals surface area contributed by atoms with Gasteiger partial charge in [0, 0.05) is 31.0 Å². The first-order valence-electron chi connectivity index (χ1n) is 9.61. The van der Waals surface area contributed by atoms with Crippen LogP contribution < -0.4 is 4.74 Å². The number of carbonyl (C=O) groups is 1. The predicted molar refractivity (Wildman–Crippen MR) is 109 cm³/mol. The molecule has 1 aromatic heterocycles. The lowest BCUT2D eigenvalue weighted by Gasteiger charge is -2.29. The smallest absolute Gasteiger partial charge is 0.254 e. The van der Waals surface area contributed by atoms with Gasteiger partial charge in [-0.25, -0.2) is 0 Å². The second-order valence-electron chi connectivity index (χ2n) is 7.32. The number of aryl methyl sites for hydroxylation is 2. The zero-order valence-electron chi connectivity index (χ0n) is 16.3. The summed E-state index contributed by atoms with van der Waals surface area (Å²) in [5, 5.41) is 0. The van der Waals surface area contributed by atoms with Crippen molar-refractivity contribution in [3.05, 3.63) is 94.3 Å². The Hall–Kier alpha value is -3.14. The normalized spacial score (nSPS) is 13.4. The predicted octanol–water partition coefficient (Wildman–Crippen LogP) is 4.48. The molecule has 0 fully saturated rings. The number of ether oxygens (including phenoxy) is 1. The summed E-state index contributed by atoms with van der Waals surface area (Å²) in [6.07, 6.45) is 4.42. The van der Waals surface area contributed by atoms with Gasteiger partial charge in [-0.15, -0.1) is 0 Å². The molecule has 2 aromatic carbocycles. The molecule has 1 amide bonds. The molecule has 0 radical (unpaired) electrons. The van der Waals surface area contributed by atoms with Crippen LogP contribution in [-0.4, -0.2) is 22.3 Å². The summed E-state index contributed by atoms with van der Waals surface area (Å²) in [5.74, 6) is 0.792. The van der Waals surface area contributed by atoms with Crippen molar-refractivity contribution in [1.82, 2.24) is 9.88 Å². The highest BCUT2D eigenvalue weighted by atomic mass is 16.5. The van der Waals surface area contributed by atoms with E-state index in [2.05, 4.69) is 37.0 Å². The van der Waals surface area contributed by atoms with E-state index in [0.717, 1.165) is 35.4 Å². The van der Waals surface area contributed by atoms with Crippen LogP contribution >= 0.6 is 0 Å². The molecule has 1 aliphatic heterocycles. The summed E-state index contributed by atoms with van der Waals surface area (Å²) in [7, 11) is 0. The summed E-state index contributed by atoms with van der Waals surface area (Å²) >= 11 is 0. The third kappa shape index (κ3) is 3.77. The van der Waals surface area contributed by atoms with Crippen molar-refractivity contribution < 1.29 is 9.53 Å². The van der Waals surface area contributed by atoms with Gasteiger partial charge in [0.1, 0.15) is 12.4 Å². The molecule has 4 rings (SSSR count). The van der Waals surface area contributed by atoms with Crippen molar-refractivity contribution in [2.75, 3.05) is 6.54 Å². The fourth-order valence-corrected chi connectivity index (χ4v) is 3.68. The van der Waals surface area contributed by atoms with E-state index in [1.54, 1.807) is 6.20 Å². The molecule has 0 saturated heterocycles. The molecule has 2 heterocycles. The number of benzene rings is 2. The maximum Gasteiger partial charge on any atom is 0.254 e. The topological polar surface area (TPSA) is 42.4 Å². The lowest BCUT2D eigenvalue weighted by atomic mass is 9.98. The van der Waals surface area contributed by atoms with Gasteiger partial charge in [-0.3, -0.25) is 9.78 Å². The van der Waals surface area contributed by atoms with Gasteiger partial charge in [0.05, 0.1) is 0 Å². The Morgan fingerprint density at radius 1 is 1.07 bits per heavy atom. The highest BCUT2D eigenvalue weighted by Crippen LogP contribution is 2.26. The number of aromatic nitrogens is 1. The molecule has 3 aromatic rings. The second kappa shape index (κ2) is 7.85. The van der Waals surface area contributed by atoms with Crippen LogP contribution in [0.25, 0.3) is 0 Å². The highest BCUT2D eigenvalue weighted by Gasteiger charge is 2.25. The summed E-state index contributed by atoms with van der Waals surface area (Å²) in [5.41, 5.74) is 6.51. The summed E-state index contributed by atoms with van der Waals surface area (Å²) in [6.45, 7) is 6.00. The minimum atomic E-state index is 0.0580. The van der Waals surface area contributed by atoms with Crippen molar-refractivity contribution in [2.24, 2.45) is 0 Å². The quantitative estimate of drug-likeness (QED) is 0.663. The first-order chi connectivity index (χ1) is 13.6. The molecule has 4 nitrogen and oxygen atoms in total. The van der Waals surface area contributed by atoms with E-state index in [1.807, 2.05) is 41.4 Å². The molecular weight excluding hydrogens is 348 g/mol. The average molecular weight is 372 g/mol. The third-order valence-corrected chi connectivity index (χ3v) is 5.37. The molecule has 1 aliphatic rings. The zero-order chi connectivity index (χ0) is 19.5. The summed E-state index contributed by atoms with van der Waals surface area (Å²) < 4.78 is 6.04. The Balaban J connectivity index is 1.51. The fourth-order valence-electron chi connectivity index (χ4n) is 3.68. The Morgan fingerprint density at radius 3 is 2.64 bits per heavy atom. The van der Waals surface area contributed by atoms with Crippen LogP contribution in [-0.2, 0) is 19.6 Å². The van der Waals surface area contributed by atoms with Crippen molar-refractivity contribution in [3.8, 4) is 5.75 Å². The van der Waals surface area contributed by atoms with Crippen molar-refractivity contribution in [2.45, 2.75) is 33.4 Å². The fraction of sp³-hybridized carbons (Fsp3) is 0.250. The van der Waals surface area contributed by atoms with Crippen LogP contribution in [0.3, 0.4) is 0 Å². The molecular formula is C24H24N2O2. The van der Waals surface area contributed by atoms with Crippen LogP contribution in [0.15, 0.2) is 60.9 Å². The molecule has 0 N–H and O–H groups in total. The second-order valence-corrected chi connectivity index (χ2v) is 7.32. The van der Waals surface area contributed by atoms with Gasteiger partial charge in [-0.2, -0.15) is 0 Å². The largest absolute Gasteiger partial charge is 0.489 e. The number of nitrogens with zero attached hydrogens (tertiary/aromatic N) is 2. The number of carbonyl (C=O) groups excluding carboxylic acids is 1. The van der Waals surface area contributed by atoms with Gasteiger partial charge in [0.15, 0.2) is 0 Å². The molecule has 0 unspecified atom stereocenters. The van der Waals surface area contributed by atoms with E-state index in [1.165, 1.54) is 16.7 Å². The Morgan fingerprint density at radius 2 is 1.89 bits per heavy atom. The van der Waals surface area contributed by atoms with Crippen LogP contribution in [0.5, 0.6) is 5.75 Å². The van der Waals surface area contributed by atoms with Gasteiger partial charge >= 0.3 is 0 Å². The minimum Gasteiger partial charge on any atom is -0.489 e. The van der Waals surface area contributed by atoms with Gasteiger partial charge in [0.25, 0.3) is 5.91 Å². The minimum absolute atomic E-state index is 0.0580. The van der Waals surface area contributed by atoms with Gasteiger partial charge in [-0.1, -0.05) is 30.3 Å². The zero-order valence-corrected chi connectivity index (χ0v) is 16.3. The highest BCUT2D eigenvalue weighted by molar-refractivity contribution is 5.97. The van der Waals surface area contributed by atoms with Gasteiger partial charge in [0.2, 0.25) is 0 Å². The number of pyridine rings is 1. The number of amides is 1. The number of hydrogen-bond acceptors (Lipinski definition) is 3. The molecule has 0 atom stereocenters. The number of rotatable bonds is 5. The SMILES string of the molecule is Cc1cccc(C)c1COc1ccc2c(c1)C(=O)N(Cc1cccnc1)CC2. The monoisotopic (exact) mass is 372 g/mol. The lowest BCUT2D eigenvalue weighted by Crippen LogP contribution is -2.37. The molecule has 142 valence electrons. The Kier molecular flexibility index (Phi) is 5.11. The molecule has 0 bridgehead atoms. The Bertz CT molecular complexity index is 978. The van der Waals surface area contributed by atoms with E-state index >= 15 is 0 Å². The van der Waals surface area contributed by atoms with E-state index in [-0.39, 0.29) is 5.91 Å². The van der Waals surface area contributed by atoms with E-state index in [9.17, 15) is 4.79 Å². The van der Waals surface area contributed by atoms with Crippen LogP contribution in [0.2, 0.25) is 0 Å². The van der Waals surface area contributed by atoms with E-state index < -0.39 is 0 Å². The summed E-state index contributed by atoms with van der Waals surface area (Å²) in [4.78, 5) is 19.0. The first kappa shape index (κ1) is 18.2. The van der Waals surface area contributed by atoms with Gasteiger partial charge in [-0.05, 0) is 66.3 Å². The van der Waals surface area contributed by atoms with Gasteiger partial charge < -0.3 is 9.64 Å². The molecule has 0 spiro atoms. The lowest BCUT2D eigenvalue weighted by molar-refractivity contribution is 0.0726. The third-order valence-electron chi connectivity index (χ3n) is 5.37. The van der Waals surface area contributed by atoms with Crippen LogP contribution in [0.4, 0.5) is 0 Å².